The zero-order chi connectivity index (χ0) is 13.0. The maximum absolute atomic E-state index is 5.29. The minimum absolute atomic E-state index is 0.632. The molecule has 18 heavy (non-hydrogen) atoms. The van der Waals surface area contributed by atoms with Crippen LogP contribution in [0.3, 0.4) is 0 Å². The Morgan fingerprint density at radius 1 is 1.44 bits per heavy atom. The Morgan fingerprint density at radius 3 is 2.83 bits per heavy atom. The van der Waals surface area contributed by atoms with Crippen LogP contribution in [-0.4, -0.2) is 19.7 Å². The summed E-state index contributed by atoms with van der Waals surface area (Å²) in [7, 11) is 1.73. The molecule has 0 amide bonds. The van der Waals surface area contributed by atoms with Gasteiger partial charge >= 0.3 is 0 Å². The van der Waals surface area contributed by atoms with Crippen LogP contribution in [-0.2, 0) is 6.42 Å². The summed E-state index contributed by atoms with van der Waals surface area (Å²) in [4.78, 5) is 0. The first-order chi connectivity index (χ1) is 8.74. The molecule has 1 N–H and O–H groups in total. The van der Waals surface area contributed by atoms with E-state index in [-0.39, 0.29) is 0 Å². The van der Waals surface area contributed by atoms with Crippen LogP contribution < -0.4 is 10.1 Å². The van der Waals surface area contributed by atoms with Crippen LogP contribution in [0.5, 0.6) is 5.75 Å². The van der Waals surface area contributed by atoms with Gasteiger partial charge in [-0.15, -0.1) is 0 Å². The molecule has 1 aromatic rings. The van der Waals surface area contributed by atoms with E-state index in [2.05, 4.69) is 37.4 Å². The van der Waals surface area contributed by atoms with Gasteiger partial charge in [-0.1, -0.05) is 26.0 Å². The molecule has 1 fully saturated rings. The Kier molecular flexibility index (Phi) is 4.65. The molecule has 0 heterocycles. The molecule has 0 bridgehead atoms. The van der Waals surface area contributed by atoms with Crippen LogP contribution in [0.25, 0.3) is 0 Å². The van der Waals surface area contributed by atoms with E-state index in [1.165, 1.54) is 18.4 Å². The topological polar surface area (TPSA) is 21.3 Å². The van der Waals surface area contributed by atoms with Gasteiger partial charge in [0.2, 0.25) is 0 Å². The second-order valence-electron chi connectivity index (χ2n) is 5.49. The Bertz CT molecular complexity index is 377. The number of hydrogen-bond acceptors (Lipinski definition) is 2. The highest BCUT2D eigenvalue weighted by atomic mass is 16.5. The summed E-state index contributed by atoms with van der Waals surface area (Å²) in [5, 5.41) is 3.71. The Balaban J connectivity index is 1.98. The zero-order valence-corrected chi connectivity index (χ0v) is 11.8. The third-order valence-electron chi connectivity index (χ3n) is 3.93. The number of benzene rings is 1. The molecule has 0 aromatic heterocycles. The predicted octanol–water partition coefficient (Wildman–Crippen LogP) is 3.26. The molecule has 3 unspecified atom stereocenters. The van der Waals surface area contributed by atoms with Gasteiger partial charge in [0.05, 0.1) is 7.11 Å². The van der Waals surface area contributed by atoms with Crippen molar-refractivity contribution in [3.8, 4) is 5.75 Å². The average Bonchev–Trinajstić information content (AvgIpc) is 3.12. The fraction of sp³-hybridized carbons (Fsp3) is 0.625. The van der Waals surface area contributed by atoms with Gasteiger partial charge in [0.1, 0.15) is 5.75 Å². The van der Waals surface area contributed by atoms with Crippen LogP contribution in [0.2, 0.25) is 0 Å². The molecule has 0 radical (unpaired) electrons. The lowest BCUT2D eigenvalue weighted by molar-refractivity contribution is 0.412. The molecule has 1 aromatic carbocycles. The first-order valence-corrected chi connectivity index (χ1v) is 7.11. The molecule has 1 aliphatic carbocycles. The van der Waals surface area contributed by atoms with E-state index in [0.717, 1.165) is 30.6 Å². The van der Waals surface area contributed by atoms with Crippen LogP contribution in [0.1, 0.15) is 32.3 Å². The summed E-state index contributed by atoms with van der Waals surface area (Å²) in [6.07, 6.45) is 3.70. The third kappa shape index (κ3) is 3.49. The van der Waals surface area contributed by atoms with Gasteiger partial charge in [0.15, 0.2) is 0 Å². The quantitative estimate of drug-likeness (QED) is 0.798. The molecule has 2 rings (SSSR count). The highest BCUT2D eigenvalue weighted by Gasteiger charge is 2.38. The maximum Gasteiger partial charge on any atom is 0.119 e. The molecule has 100 valence electrons. The van der Waals surface area contributed by atoms with E-state index in [1.807, 2.05) is 6.07 Å². The van der Waals surface area contributed by atoms with Crippen LogP contribution >= 0.6 is 0 Å². The fourth-order valence-corrected chi connectivity index (χ4v) is 2.67. The smallest absolute Gasteiger partial charge is 0.119 e. The molecular weight excluding hydrogens is 222 g/mol. The summed E-state index contributed by atoms with van der Waals surface area (Å²) in [6.45, 7) is 5.71. The predicted molar refractivity (Wildman–Crippen MR) is 76.1 cm³/mol. The van der Waals surface area contributed by atoms with Gasteiger partial charge < -0.3 is 10.1 Å². The number of nitrogens with one attached hydrogen (secondary N) is 1. The molecule has 2 nitrogen and oxygen atoms in total. The first kappa shape index (κ1) is 13.4. The van der Waals surface area contributed by atoms with E-state index >= 15 is 0 Å². The lowest BCUT2D eigenvalue weighted by Gasteiger charge is -2.19. The molecule has 0 aliphatic heterocycles. The van der Waals surface area contributed by atoms with Crippen molar-refractivity contribution in [1.82, 2.24) is 5.32 Å². The fourth-order valence-electron chi connectivity index (χ4n) is 2.67. The number of rotatable bonds is 7. The molecule has 1 aliphatic rings. The van der Waals surface area contributed by atoms with Crippen molar-refractivity contribution >= 4 is 0 Å². The SMILES string of the molecule is CCCNC(Cc1cccc(OC)c1)C1CC1C. The summed E-state index contributed by atoms with van der Waals surface area (Å²) >= 11 is 0. The molecule has 3 atom stereocenters. The molecule has 1 saturated carbocycles. The normalized spacial score (nSPS) is 23.7. The van der Waals surface area contributed by atoms with Gasteiger partial charge in [-0.2, -0.15) is 0 Å². The second-order valence-corrected chi connectivity index (χ2v) is 5.49. The van der Waals surface area contributed by atoms with Crippen molar-refractivity contribution in [2.45, 2.75) is 39.2 Å². The van der Waals surface area contributed by atoms with Crippen molar-refractivity contribution < 1.29 is 4.74 Å². The van der Waals surface area contributed by atoms with Crippen molar-refractivity contribution in [2.75, 3.05) is 13.7 Å². The molecule has 0 saturated heterocycles. The number of hydrogen-bond donors (Lipinski definition) is 1. The van der Waals surface area contributed by atoms with Crippen LogP contribution in [0.4, 0.5) is 0 Å². The van der Waals surface area contributed by atoms with Gasteiger partial charge in [-0.25, -0.2) is 0 Å². The van der Waals surface area contributed by atoms with E-state index in [4.69, 9.17) is 4.74 Å². The first-order valence-electron chi connectivity index (χ1n) is 7.11. The highest BCUT2D eigenvalue weighted by molar-refractivity contribution is 5.29. The highest BCUT2D eigenvalue weighted by Crippen LogP contribution is 2.41. The lowest BCUT2D eigenvalue weighted by atomic mass is 10.0. The summed E-state index contributed by atoms with van der Waals surface area (Å²) in [6, 6.07) is 9.09. The summed E-state index contributed by atoms with van der Waals surface area (Å²) in [5.41, 5.74) is 1.38. The molecule has 0 spiro atoms. The largest absolute Gasteiger partial charge is 0.497 e. The molecular formula is C16H25NO. The van der Waals surface area contributed by atoms with Crippen molar-refractivity contribution in [1.29, 1.82) is 0 Å². The van der Waals surface area contributed by atoms with E-state index in [0.29, 0.717) is 6.04 Å². The van der Waals surface area contributed by atoms with E-state index < -0.39 is 0 Å². The lowest BCUT2D eigenvalue weighted by Crippen LogP contribution is -2.34. The van der Waals surface area contributed by atoms with Crippen molar-refractivity contribution in [3.63, 3.8) is 0 Å². The summed E-state index contributed by atoms with van der Waals surface area (Å²) < 4.78 is 5.29. The number of methoxy groups -OCH3 is 1. The van der Waals surface area contributed by atoms with Crippen molar-refractivity contribution in [2.24, 2.45) is 11.8 Å². The Labute approximate surface area is 111 Å². The van der Waals surface area contributed by atoms with E-state index in [9.17, 15) is 0 Å². The number of ether oxygens (including phenoxy) is 1. The van der Waals surface area contributed by atoms with Crippen molar-refractivity contribution in [3.05, 3.63) is 29.8 Å². The zero-order valence-electron chi connectivity index (χ0n) is 11.8. The monoisotopic (exact) mass is 247 g/mol. The minimum Gasteiger partial charge on any atom is -0.497 e. The minimum atomic E-state index is 0.632. The van der Waals surface area contributed by atoms with E-state index in [1.54, 1.807) is 7.11 Å². The second kappa shape index (κ2) is 6.24. The molecule has 2 heteroatoms. The summed E-state index contributed by atoms with van der Waals surface area (Å²) in [5.74, 6) is 2.72. The average molecular weight is 247 g/mol. The third-order valence-corrected chi connectivity index (χ3v) is 3.93. The van der Waals surface area contributed by atoms with Gasteiger partial charge in [-0.05, 0) is 55.3 Å². The van der Waals surface area contributed by atoms with Crippen LogP contribution in [0.15, 0.2) is 24.3 Å². The van der Waals surface area contributed by atoms with Gasteiger partial charge in [-0.3, -0.25) is 0 Å². The Morgan fingerprint density at radius 2 is 2.22 bits per heavy atom. The Hall–Kier alpha value is -1.02. The van der Waals surface area contributed by atoms with Crippen LogP contribution in [0, 0.1) is 11.8 Å². The maximum atomic E-state index is 5.29. The van der Waals surface area contributed by atoms with Gasteiger partial charge in [0, 0.05) is 6.04 Å². The standard InChI is InChI=1S/C16H25NO/c1-4-8-17-16(15-9-12(15)2)11-13-6-5-7-14(10-13)18-3/h5-7,10,12,15-17H,4,8-9,11H2,1-3H3. The van der Waals surface area contributed by atoms with Gasteiger partial charge in [0.25, 0.3) is 0 Å².